The van der Waals surface area contributed by atoms with Crippen LogP contribution in [-0.4, -0.2) is 39.8 Å². The minimum atomic E-state index is 0.531. The van der Waals surface area contributed by atoms with E-state index in [2.05, 4.69) is 54.4 Å². The molecule has 2 aromatic rings. The van der Waals surface area contributed by atoms with Crippen LogP contribution in [-0.2, 0) is 13.1 Å². The maximum atomic E-state index is 4.76. The predicted octanol–water partition coefficient (Wildman–Crippen LogP) is 2.95. The lowest BCUT2D eigenvalue weighted by atomic mass is 10.0. The fourth-order valence-electron chi connectivity index (χ4n) is 3.38. The fraction of sp³-hybridized carbons (Fsp3) is 0.556. The summed E-state index contributed by atoms with van der Waals surface area (Å²) >= 11 is 0. The second-order valence-electron chi connectivity index (χ2n) is 6.49. The molecule has 0 spiro atoms. The summed E-state index contributed by atoms with van der Waals surface area (Å²) < 4.78 is 2.03. The Balaban J connectivity index is 1.68. The Hall–Kier alpha value is -1.88. The molecule has 1 aliphatic heterocycles. The summed E-state index contributed by atoms with van der Waals surface area (Å²) in [5.74, 6) is 0.531. The first-order valence-electron chi connectivity index (χ1n) is 8.50. The summed E-state index contributed by atoms with van der Waals surface area (Å²) in [5, 5.41) is 7.79. The van der Waals surface area contributed by atoms with Gasteiger partial charge in [-0.05, 0) is 45.9 Å². The van der Waals surface area contributed by atoms with Gasteiger partial charge in [-0.15, -0.1) is 0 Å². The van der Waals surface area contributed by atoms with Crippen LogP contribution in [0.15, 0.2) is 18.3 Å². The molecule has 1 unspecified atom stereocenters. The number of aryl methyl sites for hydroxylation is 3. The van der Waals surface area contributed by atoms with Crippen LogP contribution >= 0.6 is 0 Å². The van der Waals surface area contributed by atoms with Gasteiger partial charge in [0.25, 0.3) is 0 Å². The molecule has 5 heteroatoms. The van der Waals surface area contributed by atoms with Crippen molar-refractivity contribution >= 4 is 5.69 Å². The van der Waals surface area contributed by atoms with E-state index in [-0.39, 0.29) is 0 Å². The molecule has 3 heterocycles. The summed E-state index contributed by atoms with van der Waals surface area (Å²) in [6.45, 7) is 10.4. The van der Waals surface area contributed by atoms with Crippen molar-refractivity contribution in [2.75, 3.05) is 25.5 Å². The molecule has 1 N–H and O–H groups in total. The van der Waals surface area contributed by atoms with Gasteiger partial charge < -0.3 is 5.32 Å². The van der Waals surface area contributed by atoms with Crippen LogP contribution < -0.4 is 5.32 Å². The molecule has 1 saturated heterocycles. The van der Waals surface area contributed by atoms with E-state index in [1.807, 2.05) is 11.7 Å². The number of rotatable bonds is 5. The lowest BCUT2D eigenvalue weighted by Gasteiger charge is -2.16. The summed E-state index contributed by atoms with van der Waals surface area (Å²) in [6, 6.07) is 4.29. The van der Waals surface area contributed by atoms with Crippen LogP contribution in [0.25, 0.3) is 0 Å². The number of aromatic nitrogens is 3. The number of pyridine rings is 1. The van der Waals surface area contributed by atoms with Gasteiger partial charge in [0, 0.05) is 61.4 Å². The molecule has 23 heavy (non-hydrogen) atoms. The Bertz CT molecular complexity index is 676. The predicted molar refractivity (Wildman–Crippen MR) is 93.8 cm³/mol. The molecule has 0 amide bonds. The molecule has 0 saturated carbocycles. The van der Waals surface area contributed by atoms with E-state index in [0.29, 0.717) is 5.92 Å². The summed E-state index contributed by atoms with van der Waals surface area (Å²) in [7, 11) is 1.97. The van der Waals surface area contributed by atoms with Crippen molar-refractivity contribution in [2.24, 2.45) is 0 Å². The van der Waals surface area contributed by atoms with Gasteiger partial charge in [-0.3, -0.25) is 14.6 Å². The first kappa shape index (κ1) is 16.0. The van der Waals surface area contributed by atoms with Crippen molar-refractivity contribution in [1.82, 2.24) is 19.7 Å². The van der Waals surface area contributed by atoms with E-state index in [4.69, 9.17) is 4.98 Å². The zero-order valence-electron chi connectivity index (χ0n) is 14.6. The second-order valence-corrected chi connectivity index (χ2v) is 6.49. The summed E-state index contributed by atoms with van der Waals surface area (Å²) in [5.41, 5.74) is 5.97. The topological polar surface area (TPSA) is 46.0 Å². The van der Waals surface area contributed by atoms with E-state index in [1.165, 1.54) is 17.7 Å². The molecule has 0 aliphatic carbocycles. The normalized spacial score (nSPS) is 18.5. The molecule has 0 aromatic carbocycles. The van der Waals surface area contributed by atoms with Gasteiger partial charge in [-0.2, -0.15) is 5.10 Å². The van der Waals surface area contributed by atoms with E-state index in [0.717, 1.165) is 43.3 Å². The van der Waals surface area contributed by atoms with Gasteiger partial charge in [0.2, 0.25) is 0 Å². The van der Waals surface area contributed by atoms with Crippen molar-refractivity contribution in [3.63, 3.8) is 0 Å². The maximum Gasteiger partial charge on any atom is 0.0638 e. The van der Waals surface area contributed by atoms with E-state index < -0.39 is 0 Å². The first-order valence-corrected chi connectivity index (χ1v) is 8.50. The molecule has 5 nitrogen and oxygen atoms in total. The number of nitrogens with zero attached hydrogens (tertiary/aromatic N) is 4. The maximum absolute atomic E-state index is 4.76. The largest absolute Gasteiger partial charge is 0.388 e. The summed E-state index contributed by atoms with van der Waals surface area (Å²) in [6.07, 6.45) is 3.37. The number of hydrogen-bond donors (Lipinski definition) is 1. The third kappa shape index (κ3) is 3.55. The monoisotopic (exact) mass is 313 g/mol. The molecular weight excluding hydrogens is 286 g/mol. The zero-order chi connectivity index (χ0) is 16.4. The standard InChI is InChI=1S/C18H27N5/c1-5-23-12-16(14(3)21-23)11-22-7-6-15(10-22)18-9-17(19-4)8-13(2)20-18/h8-9,12,15H,5-7,10-11H2,1-4H3,(H,19,20). The minimum absolute atomic E-state index is 0.531. The summed E-state index contributed by atoms with van der Waals surface area (Å²) in [4.78, 5) is 7.28. The molecule has 1 aliphatic rings. The Kier molecular flexibility index (Phi) is 4.66. The van der Waals surface area contributed by atoms with Crippen molar-refractivity contribution < 1.29 is 0 Å². The number of likely N-dealkylation sites (tertiary alicyclic amines) is 1. The third-order valence-corrected chi connectivity index (χ3v) is 4.72. The van der Waals surface area contributed by atoms with Crippen LogP contribution in [0.5, 0.6) is 0 Å². The SMILES string of the molecule is CCn1cc(CN2CCC(c3cc(NC)cc(C)n3)C2)c(C)n1. The molecule has 1 atom stereocenters. The number of nitrogens with one attached hydrogen (secondary N) is 1. The highest BCUT2D eigenvalue weighted by molar-refractivity contribution is 5.45. The smallest absolute Gasteiger partial charge is 0.0638 e. The third-order valence-electron chi connectivity index (χ3n) is 4.72. The highest BCUT2D eigenvalue weighted by Gasteiger charge is 2.26. The van der Waals surface area contributed by atoms with Crippen molar-refractivity contribution in [3.05, 3.63) is 41.0 Å². The van der Waals surface area contributed by atoms with Gasteiger partial charge >= 0.3 is 0 Å². The highest BCUT2D eigenvalue weighted by atomic mass is 15.3. The molecule has 3 rings (SSSR count). The number of anilines is 1. The minimum Gasteiger partial charge on any atom is -0.388 e. The fourth-order valence-corrected chi connectivity index (χ4v) is 3.38. The Morgan fingerprint density at radius 1 is 1.30 bits per heavy atom. The average molecular weight is 313 g/mol. The van der Waals surface area contributed by atoms with Gasteiger partial charge in [-0.25, -0.2) is 0 Å². The molecule has 124 valence electrons. The average Bonchev–Trinajstić information content (AvgIpc) is 3.14. The van der Waals surface area contributed by atoms with Crippen LogP contribution in [0.1, 0.15) is 41.9 Å². The van der Waals surface area contributed by atoms with Gasteiger partial charge in [-0.1, -0.05) is 0 Å². The lowest BCUT2D eigenvalue weighted by molar-refractivity contribution is 0.325. The first-order chi connectivity index (χ1) is 11.1. The Labute approximate surface area is 138 Å². The Morgan fingerprint density at radius 3 is 2.83 bits per heavy atom. The Morgan fingerprint density at radius 2 is 2.13 bits per heavy atom. The second kappa shape index (κ2) is 6.71. The van der Waals surface area contributed by atoms with Gasteiger partial charge in [0.05, 0.1) is 5.69 Å². The molecule has 1 fully saturated rings. The molecular formula is C18H27N5. The van der Waals surface area contributed by atoms with Crippen molar-refractivity contribution in [1.29, 1.82) is 0 Å². The van der Waals surface area contributed by atoms with Crippen molar-refractivity contribution in [3.8, 4) is 0 Å². The van der Waals surface area contributed by atoms with Gasteiger partial charge in [0.1, 0.15) is 0 Å². The number of hydrogen-bond acceptors (Lipinski definition) is 4. The quantitative estimate of drug-likeness (QED) is 0.922. The van der Waals surface area contributed by atoms with Gasteiger partial charge in [0.15, 0.2) is 0 Å². The van der Waals surface area contributed by atoms with Crippen LogP contribution in [0.2, 0.25) is 0 Å². The zero-order valence-corrected chi connectivity index (χ0v) is 14.6. The van der Waals surface area contributed by atoms with E-state index in [9.17, 15) is 0 Å². The van der Waals surface area contributed by atoms with E-state index in [1.54, 1.807) is 0 Å². The highest BCUT2D eigenvalue weighted by Crippen LogP contribution is 2.29. The molecule has 0 bridgehead atoms. The molecule has 2 aromatic heterocycles. The van der Waals surface area contributed by atoms with E-state index >= 15 is 0 Å². The molecule has 0 radical (unpaired) electrons. The van der Waals surface area contributed by atoms with Crippen LogP contribution in [0.4, 0.5) is 5.69 Å². The van der Waals surface area contributed by atoms with Crippen molar-refractivity contribution in [2.45, 2.75) is 46.2 Å². The van der Waals surface area contributed by atoms with Crippen LogP contribution in [0.3, 0.4) is 0 Å². The van der Waals surface area contributed by atoms with Crippen LogP contribution in [0, 0.1) is 13.8 Å². The lowest BCUT2D eigenvalue weighted by Crippen LogP contribution is -2.20.